The first-order valence-corrected chi connectivity index (χ1v) is 8.44. The molecule has 0 radical (unpaired) electrons. The van der Waals surface area contributed by atoms with Crippen molar-refractivity contribution < 1.29 is 29.3 Å². The molecular formula is C16H15FN2O5S. The van der Waals surface area contributed by atoms with Gasteiger partial charge in [0, 0.05) is 22.9 Å². The van der Waals surface area contributed by atoms with Crippen LogP contribution >= 0.6 is 11.3 Å². The molecule has 1 aromatic heterocycles. The molecule has 9 heteroatoms. The second-order valence-electron chi connectivity index (χ2n) is 5.89. The van der Waals surface area contributed by atoms with Crippen molar-refractivity contribution in [1.29, 1.82) is 0 Å². The van der Waals surface area contributed by atoms with Gasteiger partial charge in [0.15, 0.2) is 16.7 Å². The monoisotopic (exact) mass is 366 g/mol. The number of benzene rings is 1. The minimum absolute atomic E-state index is 0.0962. The fourth-order valence-electron chi connectivity index (χ4n) is 2.86. The number of carboxylic acids is 1. The van der Waals surface area contributed by atoms with Gasteiger partial charge in [0.2, 0.25) is 5.91 Å². The molecule has 1 heterocycles. The summed E-state index contributed by atoms with van der Waals surface area (Å²) in [6.07, 6.45) is 1.27. The number of hydrogen-bond donors (Lipinski definition) is 4. The highest BCUT2D eigenvalue weighted by Gasteiger charge is 2.34. The van der Waals surface area contributed by atoms with E-state index in [9.17, 15) is 24.2 Å². The number of aromatic hydroxyl groups is 2. The maximum atomic E-state index is 13.5. The second kappa shape index (κ2) is 6.67. The molecule has 0 spiro atoms. The molecule has 3 rings (SSSR count). The topological polar surface area (TPSA) is 120 Å². The van der Waals surface area contributed by atoms with E-state index in [2.05, 4.69) is 10.3 Å². The first-order valence-electron chi connectivity index (χ1n) is 7.56. The molecule has 1 aliphatic rings. The number of phenols is 2. The largest absolute Gasteiger partial charge is 0.507 e. The highest BCUT2D eigenvalue weighted by molar-refractivity contribution is 7.14. The van der Waals surface area contributed by atoms with Crippen molar-refractivity contribution in [2.45, 2.75) is 19.3 Å². The SMILES string of the molecule is O=C(O)[C@@H]1CC[C@H](C(=O)Nc2nc(-c3cc(F)c(O)cc3O)cs2)C1. The molecule has 25 heavy (non-hydrogen) atoms. The number of thiazole rings is 1. The van der Waals surface area contributed by atoms with Crippen molar-refractivity contribution in [1.82, 2.24) is 4.98 Å². The normalized spacial score (nSPS) is 19.7. The number of nitrogens with zero attached hydrogens (tertiary/aromatic N) is 1. The Morgan fingerprint density at radius 2 is 1.92 bits per heavy atom. The summed E-state index contributed by atoms with van der Waals surface area (Å²) in [5.74, 6) is -3.96. The summed E-state index contributed by atoms with van der Waals surface area (Å²) in [5, 5.41) is 32.5. The van der Waals surface area contributed by atoms with Crippen LogP contribution < -0.4 is 5.32 Å². The van der Waals surface area contributed by atoms with Crippen LogP contribution in [0.4, 0.5) is 9.52 Å². The average molecular weight is 366 g/mol. The molecule has 132 valence electrons. The predicted octanol–water partition coefficient (Wildman–Crippen LogP) is 2.80. The van der Waals surface area contributed by atoms with E-state index in [1.165, 1.54) is 5.38 Å². The lowest BCUT2D eigenvalue weighted by Crippen LogP contribution is -2.21. The molecule has 0 unspecified atom stereocenters. The first-order chi connectivity index (χ1) is 11.8. The molecular weight excluding hydrogens is 351 g/mol. The van der Waals surface area contributed by atoms with Gasteiger partial charge in [-0.15, -0.1) is 11.3 Å². The van der Waals surface area contributed by atoms with E-state index in [1.54, 1.807) is 0 Å². The van der Waals surface area contributed by atoms with Crippen LogP contribution in [0.2, 0.25) is 0 Å². The lowest BCUT2D eigenvalue weighted by Gasteiger charge is -2.08. The van der Waals surface area contributed by atoms with Crippen molar-refractivity contribution in [3.8, 4) is 22.8 Å². The Kier molecular flexibility index (Phi) is 4.58. The molecule has 1 amide bonds. The zero-order valence-electron chi connectivity index (χ0n) is 12.9. The summed E-state index contributed by atoms with van der Waals surface area (Å²) in [6, 6.07) is 1.84. The van der Waals surface area contributed by atoms with Gasteiger partial charge in [-0.2, -0.15) is 0 Å². The number of rotatable bonds is 4. The maximum absolute atomic E-state index is 13.5. The standard InChI is InChI=1S/C16H15FN2O5S/c17-10-4-9(12(20)5-13(10)21)11-6-25-16(18-11)19-14(22)7-1-2-8(3-7)15(23)24/h4-8,20-21H,1-3H2,(H,23,24)(H,18,19,22)/t7-,8+/m0/s1. The quantitative estimate of drug-likeness (QED) is 0.660. The van der Waals surface area contributed by atoms with Gasteiger partial charge >= 0.3 is 5.97 Å². The van der Waals surface area contributed by atoms with Crippen molar-refractivity contribution in [3.05, 3.63) is 23.3 Å². The summed E-state index contributed by atoms with van der Waals surface area (Å²) in [4.78, 5) is 27.3. The number of amides is 1. The number of anilines is 1. The van der Waals surface area contributed by atoms with Crippen LogP contribution in [-0.2, 0) is 9.59 Å². The predicted molar refractivity (Wildman–Crippen MR) is 87.9 cm³/mol. The van der Waals surface area contributed by atoms with Crippen LogP contribution in [0.1, 0.15) is 19.3 Å². The third-order valence-electron chi connectivity index (χ3n) is 4.23. The fraction of sp³-hybridized carbons (Fsp3) is 0.312. The third kappa shape index (κ3) is 3.55. The van der Waals surface area contributed by atoms with E-state index in [4.69, 9.17) is 5.11 Å². The second-order valence-corrected chi connectivity index (χ2v) is 6.75. The van der Waals surface area contributed by atoms with Crippen molar-refractivity contribution in [2.75, 3.05) is 5.32 Å². The molecule has 2 aromatic rings. The number of nitrogens with one attached hydrogen (secondary N) is 1. The summed E-state index contributed by atoms with van der Waals surface area (Å²) in [7, 11) is 0. The van der Waals surface area contributed by atoms with Gasteiger partial charge in [0.05, 0.1) is 11.6 Å². The Morgan fingerprint density at radius 3 is 2.60 bits per heavy atom. The van der Waals surface area contributed by atoms with Gasteiger partial charge in [-0.25, -0.2) is 9.37 Å². The molecule has 1 fully saturated rings. The molecule has 1 aromatic carbocycles. The smallest absolute Gasteiger partial charge is 0.306 e. The maximum Gasteiger partial charge on any atom is 0.306 e. The number of aromatic nitrogens is 1. The molecule has 4 N–H and O–H groups in total. The van der Waals surface area contributed by atoms with E-state index in [-0.39, 0.29) is 34.0 Å². The van der Waals surface area contributed by atoms with E-state index >= 15 is 0 Å². The molecule has 0 bridgehead atoms. The Bertz CT molecular complexity index is 838. The molecule has 0 saturated heterocycles. The van der Waals surface area contributed by atoms with Gasteiger partial charge in [0.25, 0.3) is 0 Å². The lowest BCUT2D eigenvalue weighted by atomic mass is 10.0. The van der Waals surface area contributed by atoms with Crippen molar-refractivity contribution in [2.24, 2.45) is 11.8 Å². The van der Waals surface area contributed by atoms with Crippen LogP contribution in [0.5, 0.6) is 11.5 Å². The number of carbonyl (C=O) groups is 2. The van der Waals surface area contributed by atoms with E-state index in [1.807, 2.05) is 0 Å². The van der Waals surface area contributed by atoms with Crippen LogP contribution in [0.3, 0.4) is 0 Å². The number of phenolic OH excluding ortho intramolecular Hbond substituents is 2. The highest BCUT2D eigenvalue weighted by atomic mass is 32.1. The summed E-state index contributed by atoms with van der Waals surface area (Å²) >= 11 is 1.10. The zero-order chi connectivity index (χ0) is 18.1. The van der Waals surface area contributed by atoms with E-state index in [0.717, 1.165) is 23.5 Å². The number of hydrogen-bond acceptors (Lipinski definition) is 6. The minimum Gasteiger partial charge on any atom is -0.507 e. The molecule has 2 atom stereocenters. The van der Waals surface area contributed by atoms with Gasteiger partial charge in [-0.1, -0.05) is 0 Å². The van der Waals surface area contributed by atoms with E-state index < -0.39 is 23.5 Å². The highest BCUT2D eigenvalue weighted by Crippen LogP contribution is 2.36. The Labute approximate surface area is 145 Å². The number of aliphatic carboxylic acids is 1. The number of carbonyl (C=O) groups excluding carboxylic acids is 1. The first kappa shape index (κ1) is 17.2. The Balaban J connectivity index is 1.71. The minimum atomic E-state index is -0.892. The van der Waals surface area contributed by atoms with Gasteiger partial charge < -0.3 is 20.6 Å². The van der Waals surface area contributed by atoms with Crippen LogP contribution in [0, 0.1) is 17.7 Å². The van der Waals surface area contributed by atoms with Crippen LogP contribution in [0.25, 0.3) is 11.3 Å². The van der Waals surface area contributed by atoms with Crippen molar-refractivity contribution in [3.63, 3.8) is 0 Å². The van der Waals surface area contributed by atoms with Gasteiger partial charge in [-0.05, 0) is 25.3 Å². The molecule has 0 aliphatic heterocycles. The number of carboxylic acid groups (broad SMARTS) is 1. The van der Waals surface area contributed by atoms with Crippen LogP contribution in [0.15, 0.2) is 17.5 Å². The van der Waals surface area contributed by atoms with Gasteiger partial charge in [0.1, 0.15) is 5.75 Å². The van der Waals surface area contributed by atoms with Gasteiger partial charge in [-0.3, -0.25) is 9.59 Å². The molecule has 1 aliphatic carbocycles. The fourth-order valence-corrected chi connectivity index (χ4v) is 3.58. The third-order valence-corrected chi connectivity index (χ3v) is 4.99. The van der Waals surface area contributed by atoms with Crippen molar-refractivity contribution >= 4 is 28.3 Å². The number of halogens is 1. The van der Waals surface area contributed by atoms with Crippen LogP contribution in [-0.4, -0.2) is 32.2 Å². The summed E-state index contributed by atoms with van der Waals surface area (Å²) in [5.41, 5.74) is 0.352. The summed E-state index contributed by atoms with van der Waals surface area (Å²) < 4.78 is 13.5. The zero-order valence-corrected chi connectivity index (χ0v) is 13.7. The summed E-state index contributed by atoms with van der Waals surface area (Å²) in [6.45, 7) is 0. The molecule has 7 nitrogen and oxygen atoms in total. The Hall–Kier alpha value is -2.68. The Morgan fingerprint density at radius 1 is 1.20 bits per heavy atom. The average Bonchev–Trinajstić information content (AvgIpc) is 3.20. The lowest BCUT2D eigenvalue weighted by molar-refractivity contribution is -0.141. The molecule has 1 saturated carbocycles. The van der Waals surface area contributed by atoms with E-state index in [0.29, 0.717) is 19.3 Å².